The van der Waals surface area contributed by atoms with Gasteiger partial charge in [0.1, 0.15) is 4.90 Å². The van der Waals surface area contributed by atoms with Crippen molar-refractivity contribution in [3.05, 3.63) is 34.5 Å². The number of nitrogens with one attached hydrogen (secondary N) is 1. The molecule has 0 atom stereocenters. The Balaban J connectivity index is 2.23. The first-order valence-electron chi connectivity index (χ1n) is 6.08. The van der Waals surface area contributed by atoms with Crippen LogP contribution < -0.4 is 5.32 Å². The van der Waals surface area contributed by atoms with Crippen molar-refractivity contribution in [2.45, 2.75) is 18.0 Å². The van der Waals surface area contributed by atoms with Crippen LogP contribution in [-0.2, 0) is 30.2 Å². The lowest BCUT2D eigenvalue weighted by atomic mass is 10.4. The molecule has 2 aromatic rings. The lowest BCUT2D eigenvalue weighted by Crippen LogP contribution is -2.26. The Bertz CT molecular complexity index is 662. The van der Waals surface area contributed by atoms with Crippen molar-refractivity contribution < 1.29 is 8.42 Å². The van der Waals surface area contributed by atoms with E-state index in [0.29, 0.717) is 11.4 Å². The van der Waals surface area contributed by atoms with Crippen LogP contribution in [0.1, 0.15) is 11.4 Å². The smallest absolute Gasteiger partial charge is 0.244 e. The zero-order chi connectivity index (χ0) is 14.8. The second kappa shape index (κ2) is 6.04. The number of aromatic nitrogens is 2. The molecule has 0 saturated carbocycles. The molecule has 110 valence electrons. The van der Waals surface area contributed by atoms with Crippen molar-refractivity contribution in [1.82, 2.24) is 19.2 Å². The fourth-order valence-electron chi connectivity index (χ4n) is 1.88. The summed E-state index contributed by atoms with van der Waals surface area (Å²) in [5.41, 5.74) is 3.38. The summed E-state index contributed by atoms with van der Waals surface area (Å²) in [6.45, 7) is 0.907. The van der Waals surface area contributed by atoms with Crippen molar-refractivity contribution in [2.75, 3.05) is 14.1 Å². The SMILES string of the molecule is CNCc1cc(S(=O)(=O)N(C)Cc2cscn2)cn1C. The van der Waals surface area contributed by atoms with E-state index in [4.69, 9.17) is 0 Å². The molecule has 1 N–H and O–H groups in total. The summed E-state index contributed by atoms with van der Waals surface area (Å²) in [7, 11) is 1.75. The molecule has 6 nitrogen and oxygen atoms in total. The van der Waals surface area contributed by atoms with Crippen molar-refractivity contribution >= 4 is 21.4 Å². The maximum absolute atomic E-state index is 12.5. The first-order valence-corrected chi connectivity index (χ1v) is 8.46. The molecule has 0 aliphatic carbocycles. The van der Waals surface area contributed by atoms with Crippen LogP contribution in [0.5, 0.6) is 0 Å². The van der Waals surface area contributed by atoms with E-state index < -0.39 is 10.0 Å². The first-order chi connectivity index (χ1) is 9.45. The third kappa shape index (κ3) is 3.09. The molecular formula is C12H18N4O2S2. The highest BCUT2D eigenvalue weighted by molar-refractivity contribution is 7.89. The molecule has 0 spiro atoms. The van der Waals surface area contributed by atoms with Gasteiger partial charge >= 0.3 is 0 Å². The maximum Gasteiger partial charge on any atom is 0.244 e. The van der Waals surface area contributed by atoms with Gasteiger partial charge in [0.2, 0.25) is 10.0 Å². The Morgan fingerprint density at radius 3 is 2.85 bits per heavy atom. The van der Waals surface area contributed by atoms with E-state index in [2.05, 4.69) is 10.3 Å². The van der Waals surface area contributed by atoms with Gasteiger partial charge in [-0.3, -0.25) is 0 Å². The van der Waals surface area contributed by atoms with E-state index in [1.165, 1.54) is 15.6 Å². The second-order valence-corrected chi connectivity index (χ2v) is 7.31. The van der Waals surface area contributed by atoms with E-state index in [-0.39, 0.29) is 6.54 Å². The minimum absolute atomic E-state index is 0.280. The molecule has 20 heavy (non-hydrogen) atoms. The third-order valence-corrected chi connectivity index (χ3v) is 5.42. The van der Waals surface area contributed by atoms with Gasteiger partial charge in [0.15, 0.2) is 0 Å². The molecule has 8 heteroatoms. The topological polar surface area (TPSA) is 67.2 Å². The van der Waals surface area contributed by atoms with Gasteiger partial charge in [0.05, 0.1) is 17.7 Å². The second-order valence-electron chi connectivity index (χ2n) is 4.55. The average Bonchev–Trinajstić information content (AvgIpc) is 3.01. The van der Waals surface area contributed by atoms with Gasteiger partial charge < -0.3 is 9.88 Å². The monoisotopic (exact) mass is 314 g/mol. The van der Waals surface area contributed by atoms with Crippen LogP contribution in [0.25, 0.3) is 0 Å². The Labute approximate surface area is 123 Å². The van der Waals surface area contributed by atoms with Crippen LogP contribution >= 0.6 is 11.3 Å². The van der Waals surface area contributed by atoms with Crippen LogP contribution in [-0.4, -0.2) is 36.4 Å². The Morgan fingerprint density at radius 2 is 2.25 bits per heavy atom. The van der Waals surface area contributed by atoms with Crippen molar-refractivity contribution in [2.24, 2.45) is 7.05 Å². The summed E-state index contributed by atoms with van der Waals surface area (Å²) < 4.78 is 28.1. The third-order valence-electron chi connectivity index (χ3n) is 3.02. The van der Waals surface area contributed by atoms with Crippen LogP contribution in [0.2, 0.25) is 0 Å². The fraction of sp³-hybridized carbons (Fsp3) is 0.417. The molecule has 0 aromatic carbocycles. The number of aryl methyl sites for hydroxylation is 1. The highest BCUT2D eigenvalue weighted by Gasteiger charge is 2.23. The molecule has 2 rings (SSSR count). The Morgan fingerprint density at radius 1 is 1.50 bits per heavy atom. The van der Waals surface area contributed by atoms with Gasteiger partial charge in [-0.1, -0.05) is 0 Å². The predicted octanol–water partition coefficient (Wildman–Crippen LogP) is 1.02. The summed E-state index contributed by atoms with van der Waals surface area (Å²) in [5, 5.41) is 4.87. The van der Waals surface area contributed by atoms with Crippen LogP contribution in [0, 0.1) is 0 Å². The number of rotatable bonds is 6. The Kier molecular flexibility index (Phi) is 4.59. The molecule has 0 unspecified atom stereocenters. The van der Waals surface area contributed by atoms with Crippen molar-refractivity contribution in [1.29, 1.82) is 0 Å². The minimum Gasteiger partial charge on any atom is -0.352 e. The number of hydrogen-bond acceptors (Lipinski definition) is 5. The van der Waals surface area contributed by atoms with Crippen LogP contribution in [0.15, 0.2) is 28.0 Å². The van der Waals surface area contributed by atoms with Gasteiger partial charge in [-0.25, -0.2) is 13.4 Å². The van der Waals surface area contributed by atoms with E-state index in [1.54, 1.807) is 24.8 Å². The molecule has 2 heterocycles. The van der Waals surface area contributed by atoms with Gasteiger partial charge in [-0.2, -0.15) is 4.31 Å². The molecule has 0 aliphatic rings. The maximum atomic E-state index is 12.5. The summed E-state index contributed by atoms with van der Waals surface area (Å²) in [4.78, 5) is 4.42. The van der Waals surface area contributed by atoms with E-state index in [0.717, 1.165) is 11.4 Å². The van der Waals surface area contributed by atoms with Gasteiger partial charge in [0, 0.05) is 37.9 Å². The minimum atomic E-state index is -3.49. The number of hydrogen-bond donors (Lipinski definition) is 1. The normalized spacial score (nSPS) is 12.2. The molecule has 0 radical (unpaired) electrons. The van der Waals surface area contributed by atoms with Crippen LogP contribution in [0.3, 0.4) is 0 Å². The summed E-state index contributed by atoms with van der Waals surface area (Å²) in [6, 6.07) is 1.70. The summed E-state index contributed by atoms with van der Waals surface area (Å²) in [6.07, 6.45) is 1.64. The fourth-order valence-corrected chi connectivity index (χ4v) is 3.67. The molecule has 0 bridgehead atoms. The van der Waals surface area contributed by atoms with Gasteiger partial charge in [-0.15, -0.1) is 11.3 Å². The predicted molar refractivity (Wildman–Crippen MR) is 78.9 cm³/mol. The standard InChI is InChI=1S/C12H18N4O2S2/c1-13-5-11-4-12(7-15(11)2)20(17,18)16(3)6-10-8-19-9-14-10/h4,7-9,13H,5-6H2,1-3H3. The van der Waals surface area contributed by atoms with Gasteiger partial charge in [0.25, 0.3) is 0 Å². The number of sulfonamides is 1. The summed E-state index contributed by atoms with van der Waals surface area (Å²) in [5.74, 6) is 0. The highest BCUT2D eigenvalue weighted by atomic mass is 32.2. The zero-order valence-electron chi connectivity index (χ0n) is 11.7. The molecular weight excluding hydrogens is 296 g/mol. The van der Waals surface area contributed by atoms with Crippen molar-refractivity contribution in [3.63, 3.8) is 0 Å². The average molecular weight is 314 g/mol. The summed E-state index contributed by atoms with van der Waals surface area (Å²) >= 11 is 1.46. The largest absolute Gasteiger partial charge is 0.352 e. The first kappa shape index (κ1) is 15.2. The number of nitrogens with zero attached hydrogens (tertiary/aromatic N) is 3. The molecule has 0 amide bonds. The lowest BCUT2D eigenvalue weighted by molar-refractivity contribution is 0.463. The highest BCUT2D eigenvalue weighted by Crippen LogP contribution is 2.19. The van der Waals surface area contributed by atoms with E-state index in [9.17, 15) is 8.42 Å². The molecule has 0 aliphatic heterocycles. The number of thiazole rings is 1. The lowest BCUT2D eigenvalue weighted by Gasteiger charge is -2.14. The van der Waals surface area contributed by atoms with Gasteiger partial charge in [-0.05, 0) is 13.1 Å². The van der Waals surface area contributed by atoms with E-state index in [1.807, 2.05) is 24.0 Å². The quantitative estimate of drug-likeness (QED) is 0.864. The van der Waals surface area contributed by atoms with E-state index >= 15 is 0 Å². The molecule has 0 saturated heterocycles. The molecule has 2 aromatic heterocycles. The molecule has 0 fully saturated rings. The van der Waals surface area contributed by atoms with Crippen molar-refractivity contribution in [3.8, 4) is 0 Å². The van der Waals surface area contributed by atoms with Crippen LogP contribution in [0.4, 0.5) is 0 Å². The Hall–Kier alpha value is -1.22. The zero-order valence-corrected chi connectivity index (χ0v) is 13.3.